The zero-order valence-corrected chi connectivity index (χ0v) is 12.8. The lowest BCUT2D eigenvalue weighted by atomic mass is 10.1. The Bertz CT molecular complexity index is 466. The van der Waals surface area contributed by atoms with Crippen LogP contribution >= 0.6 is 11.3 Å². The highest BCUT2D eigenvalue weighted by Gasteiger charge is 2.19. The first-order chi connectivity index (χ1) is 8.35. The Morgan fingerprint density at radius 3 is 2.56 bits per heavy atom. The van der Waals surface area contributed by atoms with E-state index in [1.54, 1.807) is 6.07 Å². The van der Waals surface area contributed by atoms with Crippen molar-refractivity contribution in [2.75, 3.05) is 6.54 Å². The maximum atomic E-state index is 12.1. The van der Waals surface area contributed by atoms with Gasteiger partial charge in [-0.1, -0.05) is 13.8 Å². The summed E-state index contributed by atoms with van der Waals surface area (Å²) in [7, 11) is -3.37. The second-order valence-corrected chi connectivity index (χ2v) is 8.02. The third kappa shape index (κ3) is 4.68. The third-order valence-electron chi connectivity index (χ3n) is 2.47. The van der Waals surface area contributed by atoms with Crippen molar-refractivity contribution in [1.82, 2.24) is 4.72 Å². The summed E-state index contributed by atoms with van der Waals surface area (Å²) < 4.78 is 27.3. The van der Waals surface area contributed by atoms with Gasteiger partial charge in [-0.3, -0.25) is 0 Å². The van der Waals surface area contributed by atoms with E-state index < -0.39 is 10.0 Å². The first kappa shape index (κ1) is 15.6. The van der Waals surface area contributed by atoms with E-state index in [9.17, 15) is 8.42 Å². The number of thiophene rings is 1. The maximum absolute atomic E-state index is 12.1. The molecule has 1 aromatic rings. The van der Waals surface area contributed by atoms with Gasteiger partial charge < -0.3 is 5.73 Å². The summed E-state index contributed by atoms with van der Waals surface area (Å²) in [6, 6.07) is 3.44. The van der Waals surface area contributed by atoms with E-state index >= 15 is 0 Å². The van der Waals surface area contributed by atoms with Gasteiger partial charge in [-0.15, -0.1) is 11.3 Å². The van der Waals surface area contributed by atoms with Crippen LogP contribution in [0.1, 0.15) is 32.1 Å². The highest BCUT2D eigenvalue weighted by molar-refractivity contribution is 7.91. The minimum absolute atomic E-state index is 0.0462. The van der Waals surface area contributed by atoms with Crippen LogP contribution in [0.15, 0.2) is 16.3 Å². The lowest BCUT2D eigenvalue weighted by Gasteiger charge is -2.15. The minimum atomic E-state index is -3.37. The van der Waals surface area contributed by atoms with E-state index in [0.717, 1.165) is 17.7 Å². The number of rotatable bonds is 7. The first-order valence-electron chi connectivity index (χ1n) is 6.16. The van der Waals surface area contributed by atoms with Crippen LogP contribution in [0.3, 0.4) is 0 Å². The number of nitrogens with one attached hydrogen (secondary N) is 1. The molecular weight excluding hydrogens is 268 g/mol. The lowest BCUT2D eigenvalue weighted by molar-refractivity contribution is 0.483. The van der Waals surface area contributed by atoms with Gasteiger partial charge in [0.2, 0.25) is 10.0 Å². The van der Waals surface area contributed by atoms with E-state index in [1.165, 1.54) is 11.3 Å². The Kier molecular flexibility index (Phi) is 5.78. The van der Waals surface area contributed by atoms with Crippen molar-refractivity contribution in [3.05, 3.63) is 17.0 Å². The number of hydrogen-bond donors (Lipinski definition) is 2. The van der Waals surface area contributed by atoms with Gasteiger partial charge >= 0.3 is 0 Å². The second-order valence-electron chi connectivity index (χ2n) is 4.91. The molecule has 1 heterocycles. The topological polar surface area (TPSA) is 72.2 Å². The molecule has 0 fully saturated rings. The van der Waals surface area contributed by atoms with Crippen molar-refractivity contribution in [2.45, 2.75) is 43.9 Å². The highest BCUT2D eigenvalue weighted by Crippen LogP contribution is 2.22. The van der Waals surface area contributed by atoms with E-state index in [-0.39, 0.29) is 6.04 Å². The largest absolute Gasteiger partial charge is 0.330 e. The molecule has 0 aliphatic heterocycles. The van der Waals surface area contributed by atoms with Gasteiger partial charge in [0.1, 0.15) is 4.21 Å². The fourth-order valence-corrected chi connectivity index (χ4v) is 4.50. The standard InChI is InChI=1S/C12H22N2O2S2/c1-9(2)8-10(3)14-18(15,16)12-5-4-11(17-12)6-7-13/h4-5,9-10,14H,6-8,13H2,1-3H3. The van der Waals surface area contributed by atoms with Crippen LogP contribution in [0.5, 0.6) is 0 Å². The molecule has 1 unspecified atom stereocenters. The van der Waals surface area contributed by atoms with Crippen LogP contribution in [0.2, 0.25) is 0 Å². The Hall–Kier alpha value is -0.430. The van der Waals surface area contributed by atoms with E-state index in [0.29, 0.717) is 16.7 Å². The molecule has 0 amide bonds. The quantitative estimate of drug-likeness (QED) is 0.806. The Morgan fingerprint density at radius 1 is 1.33 bits per heavy atom. The average Bonchev–Trinajstić information content (AvgIpc) is 2.65. The van der Waals surface area contributed by atoms with Gasteiger partial charge in [-0.2, -0.15) is 0 Å². The first-order valence-corrected chi connectivity index (χ1v) is 8.46. The Balaban J connectivity index is 2.73. The Labute approximate surface area is 114 Å². The van der Waals surface area contributed by atoms with Gasteiger partial charge in [0.15, 0.2) is 0 Å². The Morgan fingerprint density at radius 2 is 2.00 bits per heavy atom. The summed E-state index contributed by atoms with van der Waals surface area (Å²) in [5.74, 6) is 0.471. The van der Waals surface area contributed by atoms with Crippen LogP contribution < -0.4 is 10.5 Å². The molecular formula is C12H22N2O2S2. The number of nitrogens with two attached hydrogens (primary N) is 1. The summed E-state index contributed by atoms with van der Waals surface area (Å²) in [4.78, 5) is 1.01. The van der Waals surface area contributed by atoms with Crippen LogP contribution in [0, 0.1) is 5.92 Å². The molecule has 1 atom stereocenters. The molecule has 18 heavy (non-hydrogen) atoms. The molecule has 0 saturated carbocycles. The summed E-state index contributed by atoms with van der Waals surface area (Å²) in [5, 5.41) is 0. The third-order valence-corrected chi connectivity index (χ3v) is 5.70. The maximum Gasteiger partial charge on any atom is 0.250 e. The van der Waals surface area contributed by atoms with Crippen molar-refractivity contribution < 1.29 is 8.42 Å². The molecule has 0 aliphatic rings. The summed E-state index contributed by atoms with van der Waals surface area (Å²) >= 11 is 1.29. The fourth-order valence-electron chi connectivity index (χ4n) is 1.86. The predicted octanol–water partition coefficient (Wildman–Crippen LogP) is 1.96. The van der Waals surface area contributed by atoms with Crippen LogP contribution in [-0.4, -0.2) is 21.0 Å². The molecule has 1 aromatic heterocycles. The smallest absolute Gasteiger partial charge is 0.250 e. The lowest BCUT2D eigenvalue weighted by Crippen LogP contribution is -2.33. The van der Waals surface area contributed by atoms with Crippen LogP contribution in [0.4, 0.5) is 0 Å². The summed E-state index contributed by atoms with van der Waals surface area (Å²) in [6.45, 7) is 6.59. The molecule has 0 radical (unpaired) electrons. The number of sulfonamides is 1. The monoisotopic (exact) mass is 290 g/mol. The summed E-state index contributed by atoms with van der Waals surface area (Å²) in [6.07, 6.45) is 1.56. The molecule has 104 valence electrons. The van der Waals surface area contributed by atoms with E-state index in [4.69, 9.17) is 5.73 Å². The second kappa shape index (κ2) is 6.65. The van der Waals surface area contributed by atoms with Gasteiger partial charge in [-0.25, -0.2) is 13.1 Å². The van der Waals surface area contributed by atoms with Crippen molar-refractivity contribution in [3.63, 3.8) is 0 Å². The molecule has 4 nitrogen and oxygen atoms in total. The van der Waals surface area contributed by atoms with Gasteiger partial charge in [0.25, 0.3) is 0 Å². The van der Waals surface area contributed by atoms with Crippen molar-refractivity contribution >= 4 is 21.4 Å². The molecule has 3 N–H and O–H groups in total. The normalized spacial score (nSPS) is 14.1. The molecule has 0 aliphatic carbocycles. The SMILES string of the molecule is CC(C)CC(C)NS(=O)(=O)c1ccc(CCN)s1. The number of hydrogen-bond acceptors (Lipinski definition) is 4. The van der Waals surface area contributed by atoms with Gasteiger partial charge in [0.05, 0.1) is 0 Å². The van der Waals surface area contributed by atoms with E-state index in [2.05, 4.69) is 18.6 Å². The highest BCUT2D eigenvalue weighted by atomic mass is 32.2. The molecule has 6 heteroatoms. The van der Waals surface area contributed by atoms with Crippen molar-refractivity contribution in [1.29, 1.82) is 0 Å². The van der Waals surface area contributed by atoms with Crippen LogP contribution in [-0.2, 0) is 16.4 Å². The van der Waals surface area contributed by atoms with Crippen LogP contribution in [0.25, 0.3) is 0 Å². The van der Waals surface area contributed by atoms with Crippen molar-refractivity contribution in [2.24, 2.45) is 11.7 Å². The predicted molar refractivity (Wildman–Crippen MR) is 76.3 cm³/mol. The van der Waals surface area contributed by atoms with Gasteiger partial charge in [0, 0.05) is 10.9 Å². The molecule has 0 aromatic carbocycles. The average molecular weight is 290 g/mol. The van der Waals surface area contributed by atoms with Crippen molar-refractivity contribution in [3.8, 4) is 0 Å². The minimum Gasteiger partial charge on any atom is -0.330 e. The fraction of sp³-hybridized carbons (Fsp3) is 0.667. The molecule has 0 saturated heterocycles. The zero-order chi connectivity index (χ0) is 13.8. The van der Waals surface area contributed by atoms with E-state index in [1.807, 2.05) is 13.0 Å². The zero-order valence-electron chi connectivity index (χ0n) is 11.1. The summed E-state index contributed by atoms with van der Waals surface area (Å²) in [5.41, 5.74) is 5.46. The molecule has 0 bridgehead atoms. The van der Waals surface area contributed by atoms with Gasteiger partial charge in [-0.05, 0) is 44.4 Å². The molecule has 1 rings (SSSR count). The molecule has 0 spiro atoms.